The Morgan fingerprint density at radius 1 is 0.649 bits per heavy atom. The number of ether oxygens (including phenoxy) is 8. The average Bonchev–Trinajstić information content (AvgIpc) is 3.38. The number of amides is 4. The van der Waals surface area contributed by atoms with E-state index in [2.05, 4.69) is 40.3 Å². The third-order valence-electron chi connectivity index (χ3n) is 11.9. The molecule has 1 aromatic carbocycles. The monoisotopic (exact) mass is 1060 g/mol. The second-order valence-electron chi connectivity index (χ2n) is 17.8. The summed E-state index contributed by atoms with van der Waals surface area (Å²) in [5.74, 6) is -2.22. The van der Waals surface area contributed by atoms with Crippen molar-refractivity contribution in [3.8, 4) is 5.75 Å². The molecule has 1 aromatic rings. The normalized spacial score (nSPS) is 26.6. The first-order valence-electron chi connectivity index (χ1n) is 24.9. The number of allylic oxidation sites excluding steroid dienone is 2. The van der Waals surface area contributed by atoms with Crippen molar-refractivity contribution in [1.29, 1.82) is 0 Å². The minimum absolute atomic E-state index is 0.0905. The van der Waals surface area contributed by atoms with Gasteiger partial charge >= 0.3 is 0 Å². The molecule has 0 aromatic heterocycles. The quantitative estimate of drug-likeness (QED) is 0.0177. The van der Waals surface area contributed by atoms with Gasteiger partial charge in [0, 0.05) is 26.3 Å². The first kappa shape index (κ1) is 64.2. The summed E-state index contributed by atoms with van der Waals surface area (Å²) in [5, 5.41) is 116. The third-order valence-corrected chi connectivity index (χ3v) is 11.9. The molecular weight excluding hydrogens is 985 g/mol. The van der Waals surface area contributed by atoms with E-state index in [9.17, 15) is 70.2 Å². The zero-order chi connectivity index (χ0) is 54.7. The number of rotatable bonds is 35. The summed E-state index contributed by atoms with van der Waals surface area (Å²) in [4.78, 5) is 49.6. The fourth-order valence-corrected chi connectivity index (χ4v) is 7.91. The highest BCUT2D eigenvalue weighted by atomic mass is 16.7. The summed E-state index contributed by atoms with van der Waals surface area (Å²) in [5.41, 5.74) is 0.0905. The highest BCUT2D eigenvalue weighted by Gasteiger charge is 2.50. The lowest BCUT2D eigenvalue weighted by Crippen LogP contribution is -2.67. The Labute approximate surface area is 430 Å². The molecule has 3 rings (SSSR count). The number of nitrogens with one attached hydrogen (secondary N) is 4. The van der Waals surface area contributed by atoms with E-state index < -0.39 is 175 Å². The molecule has 4 amide bonds. The van der Waals surface area contributed by atoms with Crippen molar-refractivity contribution in [1.82, 2.24) is 21.3 Å². The van der Waals surface area contributed by atoms with Crippen LogP contribution in [0, 0.1) is 0 Å². The van der Waals surface area contributed by atoms with Gasteiger partial charge in [0.05, 0.1) is 59.3 Å². The predicted molar refractivity (Wildman–Crippen MR) is 257 cm³/mol. The molecule has 0 aliphatic carbocycles. The van der Waals surface area contributed by atoms with Crippen molar-refractivity contribution in [2.24, 2.45) is 0 Å². The molecule has 0 spiro atoms. The Hall–Kier alpha value is -4.04. The van der Waals surface area contributed by atoms with Crippen molar-refractivity contribution in [3.05, 3.63) is 42.0 Å². The fourth-order valence-electron chi connectivity index (χ4n) is 7.91. The van der Waals surface area contributed by atoms with Crippen LogP contribution in [0.25, 0.3) is 0 Å². The number of hydrogen-bond donors (Lipinski definition) is 14. The Morgan fingerprint density at radius 2 is 1.22 bits per heavy atom. The molecule has 2 fully saturated rings. The highest BCUT2D eigenvalue weighted by Crippen LogP contribution is 2.29. The zero-order valence-electron chi connectivity index (χ0n) is 42.4. The summed E-state index contributed by atoms with van der Waals surface area (Å²) in [6.45, 7) is -0.357. The molecule has 2 heterocycles. The van der Waals surface area contributed by atoms with Gasteiger partial charge in [0.25, 0.3) is 5.91 Å². The molecule has 2 aliphatic rings. The van der Waals surface area contributed by atoms with Gasteiger partial charge in [0.15, 0.2) is 25.2 Å². The van der Waals surface area contributed by atoms with Crippen LogP contribution in [0.1, 0.15) is 83.0 Å². The van der Waals surface area contributed by atoms with Crippen molar-refractivity contribution in [2.45, 2.75) is 171 Å². The molecule has 0 saturated carbocycles. The van der Waals surface area contributed by atoms with E-state index in [0.29, 0.717) is 12.4 Å². The molecule has 0 radical (unpaired) electrons. The first-order chi connectivity index (χ1) is 35.4. The van der Waals surface area contributed by atoms with Crippen molar-refractivity contribution >= 4 is 23.6 Å². The van der Waals surface area contributed by atoms with Crippen LogP contribution in [-0.4, -0.2) is 232 Å². The Kier molecular flexibility index (Phi) is 30.0. The van der Waals surface area contributed by atoms with Crippen molar-refractivity contribution < 1.29 is 108 Å². The van der Waals surface area contributed by atoms with Crippen LogP contribution < -0.4 is 26.0 Å². The first-order valence-corrected chi connectivity index (χ1v) is 24.9. The van der Waals surface area contributed by atoms with E-state index in [-0.39, 0.29) is 5.56 Å². The van der Waals surface area contributed by atoms with Crippen LogP contribution in [0.3, 0.4) is 0 Å². The van der Waals surface area contributed by atoms with Gasteiger partial charge in [0.1, 0.15) is 78.9 Å². The van der Waals surface area contributed by atoms with Crippen LogP contribution in [-0.2, 0) is 47.5 Å². The number of carbonyl (C=O) groups is 4. The average molecular weight is 1070 g/mol. The summed E-state index contributed by atoms with van der Waals surface area (Å²) in [6.07, 6.45) is -11.7. The van der Waals surface area contributed by atoms with Crippen LogP contribution >= 0.6 is 0 Å². The molecule has 2 saturated heterocycles. The van der Waals surface area contributed by atoms with E-state index in [1.165, 1.54) is 38.3 Å². The number of benzene rings is 1. The molecule has 74 heavy (non-hydrogen) atoms. The Balaban J connectivity index is 1.81. The maximum absolute atomic E-state index is 13.7. The van der Waals surface area contributed by atoms with Crippen molar-refractivity contribution in [2.75, 3.05) is 59.3 Å². The lowest BCUT2D eigenvalue weighted by molar-refractivity contribution is -0.331. The maximum Gasteiger partial charge on any atom is 0.251 e. The Bertz CT molecular complexity index is 1820. The second-order valence-corrected chi connectivity index (χ2v) is 17.8. The second kappa shape index (κ2) is 34.6. The minimum Gasteiger partial charge on any atom is -0.494 e. The van der Waals surface area contributed by atoms with E-state index in [0.717, 1.165) is 39.5 Å². The lowest BCUT2D eigenvalue weighted by atomic mass is 9.96. The van der Waals surface area contributed by atoms with Crippen LogP contribution in [0.4, 0.5) is 0 Å². The van der Waals surface area contributed by atoms with Crippen molar-refractivity contribution in [3.63, 3.8) is 0 Å². The van der Waals surface area contributed by atoms with E-state index in [1.807, 2.05) is 0 Å². The summed E-state index contributed by atoms with van der Waals surface area (Å²) in [6, 6.07) is 3.04. The largest absolute Gasteiger partial charge is 0.494 e. The van der Waals surface area contributed by atoms with Gasteiger partial charge < -0.3 is 110 Å². The Morgan fingerprint density at radius 3 is 1.78 bits per heavy atom. The van der Waals surface area contributed by atoms with E-state index in [4.69, 9.17) is 37.9 Å². The molecule has 0 bridgehead atoms. The smallest absolute Gasteiger partial charge is 0.251 e. The lowest BCUT2D eigenvalue weighted by Gasteiger charge is -2.46. The molecule has 16 atom stereocenters. The van der Waals surface area contributed by atoms with E-state index in [1.54, 1.807) is 12.1 Å². The summed E-state index contributed by atoms with van der Waals surface area (Å²) >= 11 is 0. The number of aliphatic hydroxyl groups excluding tert-OH is 10. The van der Waals surface area contributed by atoms with Gasteiger partial charge in [-0.2, -0.15) is 0 Å². The van der Waals surface area contributed by atoms with Gasteiger partial charge in [-0.25, -0.2) is 0 Å². The summed E-state index contributed by atoms with van der Waals surface area (Å²) in [7, 11) is 0. The SMILES string of the molecule is CCCCCC/C=C\CCCOc1cccc(C(=O)NC2C(O)[C@H](O)C(CO)O[C@H]2O[C@@H](CO)C(CO)O[C@H](CNC(C)=O)O[C@@H]2C(CO)O[C@@H](O[C@@H](CO)C(CO)O[C@@H](O)CNC(C)=O)C(NC(C)=O)C2O)c1. The highest BCUT2D eigenvalue weighted by molar-refractivity contribution is 5.94. The number of aliphatic hydroxyl groups is 10. The molecular formula is C48H80N4O22. The standard InChI is InChI=1S/C48H80N4O22/c1-5-6-7-8-9-10-11-12-13-17-67-31-16-14-15-30(18-31)46(66)52-40-43(64)42(63)36(25-57)72-47(40)71-35(24-56)33(22-54)69-39(20-50-28(3)60)74-45-37(26-58)73-48(41(44(45)65)51-29(4)61)70-34(23-55)32(21-53)68-38(62)19-49-27(2)59/h10-11,14-16,18,32-45,47-48,53-58,62-65H,5-9,12-13,17,19-26H2,1-4H3,(H,49,59)(H,50,60)(H,51,61)(H,52,66)/b11-10-/t32?,33?,34-,35-,36?,37?,38+,39-,40?,41?,42+,43?,44?,45+,47+,48+/m0/s1. The predicted octanol–water partition coefficient (Wildman–Crippen LogP) is -3.70. The van der Waals surface area contributed by atoms with Gasteiger partial charge in [-0.05, 0) is 43.9 Å². The van der Waals surface area contributed by atoms with Crippen LogP contribution in [0.5, 0.6) is 5.75 Å². The molecule has 424 valence electrons. The minimum atomic E-state index is -1.87. The van der Waals surface area contributed by atoms with E-state index >= 15 is 0 Å². The summed E-state index contributed by atoms with van der Waals surface area (Å²) < 4.78 is 46.9. The van der Waals surface area contributed by atoms with Gasteiger partial charge in [0.2, 0.25) is 17.7 Å². The van der Waals surface area contributed by atoms with Gasteiger partial charge in [-0.15, -0.1) is 0 Å². The number of unbranched alkanes of at least 4 members (excludes halogenated alkanes) is 5. The zero-order valence-corrected chi connectivity index (χ0v) is 42.4. The molecule has 26 nitrogen and oxygen atoms in total. The molecule has 2 aliphatic heterocycles. The van der Waals surface area contributed by atoms with Gasteiger partial charge in [-0.3, -0.25) is 19.2 Å². The molecule has 14 N–H and O–H groups in total. The number of carbonyl (C=O) groups excluding carboxylic acids is 4. The fraction of sp³-hybridized carbons (Fsp3) is 0.750. The molecule has 8 unspecified atom stereocenters. The topological polar surface area (TPSA) is 393 Å². The third kappa shape index (κ3) is 21.2. The number of hydrogen-bond acceptors (Lipinski definition) is 22. The van der Waals surface area contributed by atoms with Crippen LogP contribution in [0.2, 0.25) is 0 Å². The molecule has 26 heteroatoms. The maximum atomic E-state index is 13.7. The van der Waals surface area contributed by atoms with Gasteiger partial charge in [-0.1, -0.05) is 44.4 Å². The van der Waals surface area contributed by atoms with Crippen LogP contribution in [0.15, 0.2) is 36.4 Å².